The molecule has 1 N–H and O–H groups in total. The van der Waals surface area contributed by atoms with Gasteiger partial charge in [-0.25, -0.2) is 9.78 Å². The molecule has 1 saturated heterocycles. The second-order valence-electron chi connectivity index (χ2n) is 7.34. The molecule has 136 valence electrons. The minimum Gasteiger partial charge on any atom is -0.443 e. The minimum atomic E-state index is -0.574. The number of halogens is 1. The number of carbonyl (C=O) groups is 1. The lowest BCUT2D eigenvalue weighted by atomic mass is 10.1. The molecule has 7 heteroatoms. The normalized spacial score (nSPS) is 18.4. The smallest absolute Gasteiger partial charge is 0.414 e. The molecule has 6 nitrogen and oxygen atoms in total. The first-order valence-electron chi connectivity index (χ1n) is 8.52. The highest BCUT2D eigenvalue weighted by Crippen LogP contribution is 2.33. The first-order chi connectivity index (χ1) is 11.7. The van der Waals surface area contributed by atoms with Gasteiger partial charge in [0.05, 0.1) is 11.2 Å². The van der Waals surface area contributed by atoms with Crippen molar-refractivity contribution in [1.29, 1.82) is 0 Å². The van der Waals surface area contributed by atoms with Gasteiger partial charge in [-0.3, -0.25) is 4.90 Å². The summed E-state index contributed by atoms with van der Waals surface area (Å²) in [5.74, 6) is 0.774. The van der Waals surface area contributed by atoms with Crippen LogP contribution in [0.1, 0.15) is 52.0 Å². The van der Waals surface area contributed by atoms with Crippen LogP contribution < -0.4 is 4.90 Å². The first-order valence-corrected chi connectivity index (χ1v) is 8.90. The lowest BCUT2D eigenvalue weighted by Crippen LogP contribution is -2.34. The Balaban J connectivity index is 1.96. The molecule has 0 spiro atoms. The number of fused-ring (bicyclic) bond motifs is 1. The Labute approximate surface area is 152 Å². The number of rotatable bonds is 2. The second kappa shape index (κ2) is 6.84. The van der Waals surface area contributed by atoms with Crippen LogP contribution in [0.15, 0.2) is 12.1 Å². The van der Waals surface area contributed by atoms with Crippen molar-refractivity contribution in [3.63, 3.8) is 0 Å². The fourth-order valence-electron chi connectivity index (χ4n) is 2.88. The number of nitrogens with zero attached hydrogens (tertiary/aromatic N) is 2. The topological polar surface area (TPSA) is 67.5 Å². The van der Waals surface area contributed by atoms with Crippen molar-refractivity contribution in [3.05, 3.63) is 23.0 Å². The van der Waals surface area contributed by atoms with E-state index in [9.17, 15) is 4.79 Å². The average molecular weight is 366 g/mol. The molecule has 1 atom stereocenters. The minimum absolute atomic E-state index is 0.0420. The maximum absolute atomic E-state index is 12.4. The summed E-state index contributed by atoms with van der Waals surface area (Å²) in [6.07, 6.45) is 2.64. The number of amides is 1. The number of nitrogens with one attached hydrogen (secondary N) is 1. The van der Waals surface area contributed by atoms with Gasteiger partial charge < -0.3 is 14.5 Å². The fourth-order valence-corrected chi connectivity index (χ4v) is 3.09. The fraction of sp³-hybridized carbons (Fsp3) is 0.556. The van der Waals surface area contributed by atoms with Crippen LogP contribution in [0.3, 0.4) is 0 Å². The molecule has 0 radical (unpaired) electrons. The van der Waals surface area contributed by atoms with Crippen LogP contribution in [0.4, 0.5) is 10.5 Å². The van der Waals surface area contributed by atoms with Gasteiger partial charge in [0.2, 0.25) is 0 Å². The number of anilines is 1. The lowest BCUT2D eigenvalue weighted by Gasteiger charge is -2.25. The molecule has 1 unspecified atom stereocenters. The van der Waals surface area contributed by atoms with E-state index in [0.717, 1.165) is 37.2 Å². The molecule has 1 aromatic carbocycles. The summed E-state index contributed by atoms with van der Waals surface area (Å²) in [6, 6.07) is 3.53. The number of aromatic nitrogens is 2. The summed E-state index contributed by atoms with van der Waals surface area (Å²) >= 11 is 6.24. The number of carbonyl (C=O) groups excluding carboxylic acids is 1. The largest absolute Gasteiger partial charge is 0.443 e. The van der Waals surface area contributed by atoms with Gasteiger partial charge in [-0.05, 0) is 52.2 Å². The Morgan fingerprint density at radius 2 is 2.16 bits per heavy atom. The second-order valence-corrected chi connectivity index (χ2v) is 7.77. The zero-order valence-corrected chi connectivity index (χ0v) is 15.8. The molecule has 3 rings (SSSR count). The van der Waals surface area contributed by atoms with Crippen LogP contribution in [0.2, 0.25) is 5.02 Å². The molecule has 2 aromatic rings. The zero-order chi connectivity index (χ0) is 18.2. The number of benzene rings is 1. The van der Waals surface area contributed by atoms with E-state index in [-0.39, 0.29) is 6.10 Å². The van der Waals surface area contributed by atoms with Crippen molar-refractivity contribution < 1.29 is 14.3 Å². The maximum Gasteiger partial charge on any atom is 0.414 e. The summed E-state index contributed by atoms with van der Waals surface area (Å²) < 4.78 is 11.3. The van der Waals surface area contributed by atoms with E-state index >= 15 is 0 Å². The van der Waals surface area contributed by atoms with Gasteiger partial charge in [-0.1, -0.05) is 11.6 Å². The number of imidazole rings is 1. The highest BCUT2D eigenvalue weighted by Gasteiger charge is 2.25. The van der Waals surface area contributed by atoms with Crippen molar-refractivity contribution in [2.45, 2.75) is 51.7 Å². The number of ether oxygens (including phenoxy) is 2. The predicted molar refractivity (Wildman–Crippen MR) is 98.3 cm³/mol. The lowest BCUT2D eigenvalue weighted by molar-refractivity contribution is 0.0101. The molecule has 0 bridgehead atoms. The van der Waals surface area contributed by atoms with E-state index in [0.29, 0.717) is 16.2 Å². The number of hydrogen-bond acceptors (Lipinski definition) is 4. The van der Waals surface area contributed by atoms with Crippen LogP contribution in [0.25, 0.3) is 11.0 Å². The standard InChI is InChI=1S/C18H24ClN3O3/c1-18(2,3)25-17(23)22(4)13-10-11(19)9-12-15(13)21-16(20-12)14-7-5-6-8-24-14/h9-10,14H,5-8H2,1-4H3,(H,20,21). The quantitative estimate of drug-likeness (QED) is 0.827. The van der Waals surface area contributed by atoms with Gasteiger partial charge >= 0.3 is 6.09 Å². The molecule has 1 fully saturated rings. The van der Waals surface area contributed by atoms with E-state index in [1.165, 1.54) is 4.90 Å². The van der Waals surface area contributed by atoms with Gasteiger partial charge in [0, 0.05) is 18.7 Å². The Kier molecular flexibility index (Phi) is 4.93. The molecular weight excluding hydrogens is 342 g/mol. The highest BCUT2D eigenvalue weighted by atomic mass is 35.5. The van der Waals surface area contributed by atoms with E-state index < -0.39 is 11.7 Å². The molecule has 1 aliphatic heterocycles. The van der Waals surface area contributed by atoms with Crippen molar-refractivity contribution in [2.75, 3.05) is 18.6 Å². The Morgan fingerprint density at radius 1 is 1.40 bits per heavy atom. The predicted octanol–water partition coefficient (Wildman–Crippen LogP) is 4.83. The Morgan fingerprint density at radius 3 is 2.80 bits per heavy atom. The molecule has 2 heterocycles. The monoisotopic (exact) mass is 365 g/mol. The number of aromatic amines is 1. The van der Waals surface area contributed by atoms with Gasteiger partial charge in [0.25, 0.3) is 0 Å². The summed E-state index contributed by atoms with van der Waals surface area (Å²) in [7, 11) is 1.66. The first kappa shape index (κ1) is 18.0. The summed E-state index contributed by atoms with van der Waals surface area (Å²) in [5, 5.41) is 0.526. The van der Waals surface area contributed by atoms with E-state index in [2.05, 4.69) is 9.97 Å². The van der Waals surface area contributed by atoms with Crippen molar-refractivity contribution >= 4 is 34.4 Å². The third-order valence-corrected chi connectivity index (χ3v) is 4.28. The average Bonchev–Trinajstić information content (AvgIpc) is 2.96. The van der Waals surface area contributed by atoms with Crippen LogP contribution in [0, 0.1) is 0 Å². The van der Waals surface area contributed by atoms with Crippen LogP contribution >= 0.6 is 11.6 Å². The summed E-state index contributed by atoms with van der Waals surface area (Å²) in [5.41, 5.74) is 1.49. The summed E-state index contributed by atoms with van der Waals surface area (Å²) in [4.78, 5) is 21.8. The third-order valence-electron chi connectivity index (χ3n) is 4.06. The zero-order valence-electron chi connectivity index (χ0n) is 15.1. The van der Waals surface area contributed by atoms with Gasteiger partial charge in [-0.15, -0.1) is 0 Å². The molecule has 1 amide bonds. The van der Waals surface area contributed by atoms with E-state index in [1.54, 1.807) is 13.1 Å². The highest BCUT2D eigenvalue weighted by molar-refractivity contribution is 6.32. The van der Waals surface area contributed by atoms with Crippen LogP contribution in [0.5, 0.6) is 0 Å². The number of hydrogen-bond donors (Lipinski definition) is 1. The SMILES string of the molecule is CN(C(=O)OC(C)(C)C)c1cc(Cl)cc2[nH]c(C3CCCCO3)nc12. The molecule has 25 heavy (non-hydrogen) atoms. The van der Waals surface area contributed by atoms with Gasteiger partial charge in [0.15, 0.2) is 0 Å². The van der Waals surface area contributed by atoms with Gasteiger partial charge in [-0.2, -0.15) is 0 Å². The molecule has 0 saturated carbocycles. The maximum atomic E-state index is 12.4. The number of H-pyrrole nitrogens is 1. The molecular formula is C18H24ClN3O3. The molecule has 1 aromatic heterocycles. The van der Waals surface area contributed by atoms with Gasteiger partial charge in [0.1, 0.15) is 23.0 Å². The Hall–Kier alpha value is -1.79. The van der Waals surface area contributed by atoms with Crippen molar-refractivity contribution in [2.24, 2.45) is 0 Å². The molecule has 0 aliphatic carbocycles. The van der Waals surface area contributed by atoms with Crippen LogP contribution in [-0.4, -0.2) is 35.3 Å². The van der Waals surface area contributed by atoms with Crippen molar-refractivity contribution in [3.8, 4) is 0 Å². The van der Waals surface area contributed by atoms with Crippen molar-refractivity contribution in [1.82, 2.24) is 9.97 Å². The third kappa shape index (κ3) is 4.07. The Bertz CT molecular complexity index is 776. The summed E-state index contributed by atoms with van der Waals surface area (Å²) in [6.45, 7) is 6.24. The van der Waals surface area contributed by atoms with E-state index in [4.69, 9.17) is 21.1 Å². The van der Waals surface area contributed by atoms with Crippen LogP contribution in [-0.2, 0) is 9.47 Å². The molecule has 1 aliphatic rings. The van der Waals surface area contributed by atoms with E-state index in [1.807, 2.05) is 26.8 Å².